The Balaban J connectivity index is 1.37. The van der Waals surface area contributed by atoms with E-state index in [4.69, 9.17) is 13.9 Å². The van der Waals surface area contributed by atoms with Gasteiger partial charge in [0, 0.05) is 62.6 Å². The van der Waals surface area contributed by atoms with Gasteiger partial charge in [-0.1, -0.05) is 0 Å². The van der Waals surface area contributed by atoms with E-state index in [1.54, 1.807) is 31.4 Å². The first kappa shape index (κ1) is 21.4. The Morgan fingerprint density at radius 3 is 2.84 bits per heavy atom. The number of fused-ring (bicyclic) bond motifs is 1. The van der Waals surface area contributed by atoms with Crippen LogP contribution in [0.3, 0.4) is 0 Å². The first-order valence-corrected chi connectivity index (χ1v) is 10.7. The lowest BCUT2D eigenvalue weighted by molar-refractivity contribution is -0.144. The highest BCUT2D eigenvalue weighted by Gasteiger charge is 2.42. The highest BCUT2D eigenvalue weighted by atomic mass is 16.5. The fraction of sp³-hybridized carbons (Fsp3) is 0.522. The molecule has 8 heteroatoms. The summed E-state index contributed by atoms with van der Waals surface area (Å²) in [7, 11) is 1.63. The number of ether oxygens (including phenoxy) is 2. The number of rotatable bonds is 6. The molecule has 0 aliphatic carbocycles. The Morgan fingerprint density at radius 2 is 2.00 bits per heavy atom. The molecule has 4 rings (SSSR count). The van der Waals surface area contributed by atoms with Gasteiger partial charge in [-0.3, -0.25) is 9.59 Å². The van der Waals surface area contributed by atoms with Crippen LogP contribution in [-0.2, 0) is 14.3 Å². The summed E-state index contributed by atoms with van der Waals surface area (Å²) < 4.78 is 16.0. The molecule has 0 radical (unpaired) electrons. The molecule has 2 aliphatic heterocycles. The highest BCUT2D eigenvalue weighted by molar-refractivity contribution is 5.80. The Hall–Kier alpha value is -2.87. The number of nitrogens with zero attached hydrogens (tertiary/aromatic N) is 2. The first-order chi connectivity index (χ1) is 15.0. The zero-order chi connectivity index (χ0) is 21.8. The van der Waals surface area contributed by atoms with Crippen LogP contribution in [0.25, 0.3) is 11.0 Å². The Morgan fingerprint density at radius 1 is 1.16 bits per heavy atom. The van der Waals surface area contributed by atoms with Gasteiger partial charge >= 0.3 is 5.63 Å². The lowest BCUT2D eigenvalue weighted by Gasteiger charge is -2.48. The van der Waals surface area contributed by atoms with Gasteiger partial charge in [-0.25, -0.2) is 4.79 Å². The van der Waals surface area contributed by atoms with Crippen LogP contribution >= 0.6 is 0 Å². The molecule has 8 nitrogen and oxygen atoms in total. The van der Waals surface area contributed by atoms with E-state index >= 15 is 0 Å². The van der Waals surface area contributed by atoms with Gasteiger partial charge in [0.15, 0.2) is 6.61 Å². The van der Waals surface area contributed by atoms with Gasteiger partial charge in [0.2, 0.25) is 5.91 Å². The Kier molecular flexibility index (Phi) is 6.27. The molecule has 31 heavy (non-hydrogen) atoms. The van der Waals surface area contributed by atoms with Crippen LogP contribution in [0.1, 0.15) is 25.7 Å². The van der Waals surface area contributed by atoms with Crippen molar-refractivity contribution in [3.63, 3.8) is 0 Å². The molecule has 166 valence electrons. The van der Waals surface area contributed by atoms with E-state index in [0.717, 1.165) is 24.6 Å². The van der Waals surface area contributed by atoms with Gasteiger partial charge in [0.05, 0.1) is 6.61 Å². The molecule has 1 atom stereocenters. The molecule has 1 aromatic heterocycles. The van der Waals surface area contributed by atoms with Gasteiger partial charge in [0.1, 0.15) is 11.3 Å². The molecule has 2 amide bonds. The predicted molar refractivity (Wildman–Crippen MR) is 114 cm³/mol. The molecular formula is C23H28N2O6. The van der Waals surface area contributed by atoms with E-state index < -0.39 is 5.63 Å². The molecule has 0 saturated carbocycles. The van der Waals surface area contributed by atoms with Crippen molar-refractivity contribution in [2.24, 2.45) is 5.41 Å². The van der Waals surface area contributed by atoms with Crippen molar-refractivity contribution in [3.8, 4) is 5.75 Å². The van der Waals surface area contributed by atoms with E-state index in [0.29, 0.717) is 50.5 Å². The van der Waals surface area contributed by atoms with E-state index in [1.165, 1.54) is 6.07 Å². The van der Waals surface area contributed by atoms with Gasteiger partial charge in [-0.15, -0.1) is 0 Å². The number of methoxy groups -OCH3 is 1. The van der Waals surface area contributed by atoms with Crippen LogP contribution in [0.2, 0.25) is 0 Å². The van der Waals surface area contributed by atoms with Crippen LogP contribution in [-0.4, -0.2) is 68.1 Å². The lowest BCUT2D eigenvalue weighted by atomic mass is 9.73. The molecule has 3 heterocycles. The summed E-state index contributed by atoms with van der Waals surface area (Å²) in [5.41, 5.74) is -0.0516. The second-order valence-corrected chi connectivity index (χ2v) is 8.47. The number of piperidine rings is 2. The van der Waals surface area contributed by atoms with Gasteiger partial charge < -0.3 is 23.7 Å². The number of benzene rings is 1. The molecular weight excluding hydrogens is 400 g/mol. The predicted octanol–water partition coefficient (Wildman–Crippen LogP) is 2.05. The minimum Gasteiger partial charge on any atom is -0.484 e. The van der Waals surface area contributed by atoms with Crippen molar-refractivity contribution in [2.75, 3.05) is 46.5 Å². The zero-order valence-corrected chi connectivity index (χ0v) is 17.8. The molecule has 2 saturated heterocycles. The van der Waals surface area contributed by atoms with E-state index in [2.05, 4.69) is 0 Å². The summed E-state index contributed by atoms with van der Waals surface area (Å²) in [6, 6.07) is 8.24. The van der Waals surface area contributed by atoms with Crippen molar-refractivity contribution in [3.05, 3.63) is 40.8 Å². The van der Waals surface area contributed by atoms with E-state index in [-0.39, 0.29) is 23.8 Å². The number of likely N-dealkylation sites (tertiary alicyclic amines) is 2. The third-order valence-corrected chi connectivity index (χ3v) is 6.28. The van der Waals surface area contributed by atoms with Crippen molar-refractivity contribution in [1.29, 1.82) is 0 Å². The molecule has 0 bridgehead atoms. The average Bonchev–Trinajstić information content (AvgIpc) is 2.78. The van der Waals surface area contributed by atoms with E-state index in [1.807, 2.05) is 9.80 Å². The summed E-state index contributed by atoms with van der Waals surface area (Å²) >= 11 is 0. The summed E-state index contributed by atoms with van der Waals surface area (Å²) in [6.07, 6.45) is 3.26. The summed E-state index contributed by atoms with van der Waals surface area (Å²) in [5.74, 6) is 0.572. The quantitative estimate of drug-likeness (QED) is 0.655. The minimum atomic E-state index is -0.426. The molecule has 1 unspecified atom stereocenters. The maximum atomic E-state index is 12.9. The molecule has 2 aromatic rings. The SMILES string of the molecule is COCCN1CC2(CCCN(C(=O)COc3ccc4ccc(=O)oc4c3)C2)CCC1=O. The molecule has 1 aromatic carbocycles. The maximum absolute atomic E-state index is 12.9. The Bertz CT molecular complexity index is 1020. The van der Waals surface area contributed by atoms with Crippen LogP contribution < -0.4 is 10.4 Å². The number of carbonyl (C=O) groups excluding carboxylic acids is 2. The van der Waals surface area contributed by atoms with Crippen molar-refractivity contribution >= 4 is 22.8 Å². The fourth-order valence-electron chi connectivity index (χ4n) is 4.63. The van der Waals surface area contributed by atoms with Crippen molar-refractivity contribution in [1.82, 2.24) is 9.80 Å². The fourth-order valence-corrected chi connectivity index (χ4v) is 4.63. The molecule has 2 fully saturated rings. The van der Waals surface area contributed by atoms with Crippen LogP contribution in [0.5, 0.6) is 5.75 Å². The minimum absolute atomic E-state index is 0.0537. The number of hydrogen-bond acceptors (Lipinski definition) is 6. The highest BCUT2D eigenvalue weighted by Crippen LogP contribution is 2.38. The molecule has 2 aliphatic rings. The largest absolute Gasteiger partial charge is 0.484 e. The summed E-state index contributed by atoms with van der Waals surface area (Å²) in [4.78, 5) is 40.3. The van der Waals surface area contributed by atoms with E-state index in [9.17, 15) is 14.4 Å². The van der Waals surface area contributed by atoms with Crippen LogP contribution in [0.4, 0.5) is 0 Å². The second-order valence-electron chi connectivity index (χ2n) is 8.47. The average molecular weight is 428 g/mol. The smallest absolute Gasteiger partial charge is 0.336 e. The van der Waals surface area contributed by atoms with Gasteiger partial charge in [0.25, 0.3) is 5.91 Å². The molecule has 1 spiro atoms. The standard InChI is InChI=1S/C23H28N2O6/c1-29-12-11-25-16-23(9-7-20(25)26)8-2-10-24(15-23)21(27)14-30-18-5-3-17-4-6-22(28)31-19(17)13-18/h3-6,13H,2,7-12,14-16H2,1H3. The van der Waals surface area contributed by atoms with Crippen molar-refractivity contribution < 1.29 is 23.5 Å². The lowest BCUT2D eigenvalue weighted by Crippen LogP contribution is -2.56. The number of carbonyl (C=O) groups is 2. The number of hydrogen-bond donors (Lipinski definition) is 0. The normalized spacial score (nSPS) is 21.6. The molecule has 0 N–H and O–H groups in total. The van der Waals surface area contributed by atoms with Crippen LogP contribution in [0, 0.1) is 5.41 Å². The Labute approximate surface area is 180 Å². The first-order valence-electron chi connectivity index (χ1n) is 10.7. The zero-order valence-electron chi connectivity index (χ0n) is 17.8. The summed E-state index contributed by atoms with van der Waals surface area (Å²) in [5, 5.41) is 0.793. The van der Waals surface area contributed by atoms with Gasteiger partial charge in [-0.2, -0.15) is 0 Å². The monoisotopic (exact) mass is 428 g/mol. The van der Waals surface area contributed by atoms with Crippen LogP contribution in [0.15, 0.2) is 39.5 Å². The number of amides is 2. The third-order valence-electron chi connectivity index (χ3n) is 6.28. The second kappa shape index (κ2) is 9.09. The van der Waals surface area contributed by atoms with Crippen molar-refractivity contribution in [2.45, 2.75) is 25.7 Å². The maximum Gasteiger partial charge on any atom is 0.336 e. The topological polar surface area (TPSA) is 89.3 Å². The third kappa shape index (κ3) is 4.90. The van der Waals surface area contributed by atoms with Gasteiger partial charge in [-0.05, 0) is 37.5 Å². The summed E-state index contributed by atoms with van der Waals surface area (Å²) in [6.45, 7) is 3.03.